The molecule has 35 heavy (non-hydrogen) atoms. The van der Waals surface area contributed by atoms with Gasteiger partial charge < -0.3 is 4.74 Å². The van der Waals surface area contributed by atoms with Crippen LogP contribution in [0.1, 0.15) is 38.2 Å². The zero-order valence-electron chi connectivity index (χ0n) is 19.3. The third-order valence-electron chi connectivity index (χ3n) is 6.08. The fraction of sp³-hybridized carbons (Fsp3) is 0.241. The maximum absolute atomic E-state index is 15.3. The van der Waals surface area contributed by atoms with Crippen molar-refractivity contribution in [1.82, 2.24) is 0 Å². The lowest BCUT2D eigenvalue weighted by molar-refractivity contribution is -0.0521. The van der Waals surface area contributed by atoms with Crippen molar-refractivity contribution in [2.24, 2.45) is 0 Å². The lowest BCUT2D eigenvalue weighted by atomic mass is 9.95. The van der Waals surface area contributed by atoms with Crippen LogP contribution >= 0.6 is 0 Å². The van der Waals surface area contributed by atoms with Gasteiger partial charge in [-0.1, -0.05) is 74.7 Å². The zero-order valence-corrected chi connectivity index (χ0v) is 19.3. The van der Waals surface area contributed by atoms with Crippen LogP contribution in [0.2, 0.25) is 0 Å². The first kappa shape index (κ1) is 24.7. The lowest BCUT2D eigenvalue weighted by Gasteiger charge is -2.11. The molecule has 0 N–H and O–H groups in total. The molecule has 4 aromatic rings. The van der Waals surface area contributed by atoms with Crippen LogP contribution in [0.3, 0.4) is 0 Å². The van der Waals surface area contributed by atoms with E-state index in [-0.39, 0.29) is 16.7 Å². The Bertz CT molecular complexity index is 1330. The van der Waals surface area contributed by atoms with Gasteiger partial charge in [0.1, 0.15) is 11.6 Å². The Morgan fingerprint density at radius 1 is 0.714 bits per heavy atom. The molecule has 0 bridgehead atoms. The quantitative estimate of drug-likeness (QED) is 0.170. The summed E-state index contributed by atoms with van der Waals surface area (Å²) in [5.41, 5.74) is 1.97. The number of rotatable bonds is 9. The van der Waals surface area contributed by atoms with Crippen molar-refractivity contribution in [3.63, 3.8) is 0 Å². The summed E-state index contributed by atoms with van der Waals surface area (Å²) in [7, 11) is 0. The Morgan fingerprint density at radius 2 is 1.43 bits per heavy atom. The summed E-state index contributed by atoms with van der Waals surface area (Å²) >= 11 is 0. The first-order valence-electron chi connectivity index (χ1n) is 11.6. The van der Waals surface area contributed by atoms with Crippen LogP contribution in [-0.4, -0.2) is 6.61 Å². The zero-order chi connectivity index (χ0) is 24.9. The van der Waals surface area contributed by atoms with Gasteiger partial charge in [0.2, 0.25) is 0 Å². The molecule has 0 amide bonds. The number of aryl methyl sites for hydroxylation is 1. The van der Waals surface area contributed by atoms with Crippen LogP contribution in [0.4, 0.5) is 22.0 Å². The largest absolute Gasteiger partial charge is 0.432 e. The molecule has 0 aliphatic carbocycles. The molecule has 0 aliphatic heterocycles. The number of hydrogen-bond donors (Lipinski definition) is 0. The smallest absolute Gasteiger partial charge is 0.387 e. The number of benzene rings is 4. The first-order valence-corrected chi connectivity index (χ1v) is 11.6. The molecule has 4 aromatic carbocycles. The molecule has 0 fully saturated rings. The van der Waals surface area contributed by atoms with E-state index in [2.05, 4.69) is 11.7 Å². The SMILES string of the molecule is CCCCCCc1ccc2c(F)c(-c3ccc(-c4ccc(OC(F)F)c(F)c4)c(F)c3)ccc2c1. The molecule has 182 valence electrons. The number of fused-ring (bicyclic) bond motifs is 1. The van der Waals surface area contributed by atoms with Crippen molar-refractivity contribution in [3.05, 3.63) is 89.7 Å². The monoisotopic (exact) mass is 484 g/mol. The Hall–Kier alpha value is -3.41. The molecule has 0 atom stereocenters. The number of hydrogen-bond acceptors (Lipinski definition) is 1. The second-order valence-corrected chi connectivity index (χ2v) is 8.51. The molecule has 0 saturated carbocycles. The molecule has 6 heteroatoms. The van der Waals surface area contributed by atoms with E-state index in [0.29, 0.717) is 10.9 Å². The van der Waals surface area contributed by atoms with Gasteiger partial charge in [-0.2, -0.15) is 8.78 Å². The first-order chi connectivity index (χ1) is 16.9. The Balaban J connectivity index is 1.60. The minimum atomic E-state index is -3.17. The molecule has 4 rings (SSSR count). The van der Waals surface area contributed by atoms with Crippen molar-refractivity contribution < 1.29 is 26.7 Å². The predicted octanol–water partition coefficient (Wildman–Crippen LogP) is 9.32. The van der Waals surface area contributed by atoms with Crippen molar-refractivity contribution in [3.8, 4) is 28.0 Å². The highest BCUT2D eigenvalue weighted by atomic mass is 19.3. The van der Waals surface area contributed by atoms with E-state index in [1.807, 2.05) is 18.2 Å². The molecule has 1 nitrogen and oxygen atoms in total. The molecular formula is C29H25F5O. The average molecular weight is 485 g/mol. The van der Waals surface area contributed by atoms with E-state index in [1.165, 1.54) is 37.5 Å². The number of halogens is 5. The number of alkyl halides is 2. The van der Waals surface area contributed by atoms with Gasteiger partial charge in [-0.15, -0.1) is 0 Å². The Kier molecular flexibility index (Phi) is 7.69. The minimum absolute atomic E-state index is 0.0603. The van der Waals surface area contributed by atoms with Crippen LogP contribution in [0.25, 0.3) is 33.0 Å². The van der Waals surface area contributed by atoms with Crippen molar-refractivity contribution in [2.75, 3.05) is 0 Å². The second-order valence-electron chi connectivity index (χ2n) is 8.51. The summed E-state index contributed by atoms with van der Waals surface area (Å²) in [6, 6.07) is 16.5. The fourth-order valence-electron chi connectivity index (χ4n) is 4.25. The third-order valence-corrected chi connectivity index (χ3v) is 6.08. The third kappa shape index (κ3) is 5.64. The van der Waals surface area contributed by atoms with Crippen molar-refractivity contribution >= 4 is 10.8 Å². The average Bonchev–Trinajstić information content (AvgIpc) is 2.83. The van der Waals surface area contributed by atoms with Gasteiger partial charge >= 0.3 is 6.61 Å². The van der Waals surface area contributed by atoms with Crippen LogP contribution in [0.5, 0.6) is 5.75 Å². The van der Waals surface area contributed by atoms with E-state index in [9.17, 15) is 17.6 Å². The summed E-state index contributed by atoms with van der Waals surface area (Å²) in [4.78, 5) is 0. The number of ether oxygens (including phenoxy) is 1. The topological polar surface area (TPSA) is 9.23 Å². The van der Waals surface area contributed by atoms with Crippen LogP contribution < -0.4 is 4.74 Å². The Morgan fingerprint density at radius 3 is 2.14 bits per heavy atom. The van der Waals surface area contributed by atoms with Gasteiger partial charge in [-0.05, 0) is 53.1 Å². The number of unbranched alkanes of at least 4 members (excludes halogenated alkanes) is 3. The van der Waals surface area contributed by atoms with Gasteiger partial charge in [-0.25, -0.2) is 13.2 Å². The maximum Gasteiger partial charge on any atom is 0.387 e. The van der Waals surface area contributed by atoms with E-state index in [0.717, 1.165) is 35.9 Å². The molecule has 0 unspecified atom stereocenters. The molecule has 0 spiro atoms. The highest BCUT2D eigenvalue weighted by Gasteiger charge is 2.15. The van der Waals surface area contributed by atoms with Crippen LogP contribution in [-0.2, 0) is 6.42 Å². The normalized spacial score (nSPS) is 11.4. The summed E-state index contributed by atoms with van der Waals surface area (Å²) < 4.78 is 73.1. The van der Waals surface area contributed by atoms with E-state index < -0.39 is 29.8 Å². The molecule has 0 saturated heterocycles. The Labute approximate surface area is 201 Å². The van der Waals surface area contributed by atoms with Crippen molar-refractivity contribution in [1.29, 1.82) is 0 Å². The highest BCUT2D eigenvalue weighted by Crippen LogP contribution is 2.34. The minimum Gasteiger partial charge on any atom is -0.432 e. The predicted molar refractivity (Wildman–Crippen MR) is 129 cm³/mol. The van der Waals surface area contributed by atoms with E-state index in [1.54, 1.807) is 18.2 Å². The fourth-order valence-corrected chi connectivity index (χ4v) is 4.25. The van der Waals surface area contributed by atoms with Gasteiger partial charge in [0.25, 0.3) is 0 Å². The molecular weight excluding hydrogens is 459 g/mol. The standard InChI is InChI=1S/C29H25F5O/c1-2-3-4-5-6-18-7-11-23-19(15-18)9-13-24(28(23)32)21-8-12-22(25(30)16-21)20-10-14-27(26(31)17-20)35-29(33)34/h7-17,29H,2-6H2,1H3. The molecule has 0 heterocycles. The highest BCUT2D eigenvalue weighted by molar-refractivity contribution is 5.89. The summed E-state index contributed by atoms with van der Waals surface area (Å²) in [6.45, 7) is -0.998. The van der Waals surface area contributed by atoms with Crippen molar-refractivity contribution in [2.45, 2.75) is 45.6 Å². The lowest BCUT2D eigenvalue weighted by Crippen LogP contribution is -2.03. The summed E-state index contributed by atoms with van der Waals surface area (Å²) in [5, 5.41) is 1.25. The summed E-state index contributed by atoms with van der Waals surface area (Å²) in [5.74, 6) is -2.78. The summed E-state index contributed by atoms with van der Waals surface area (Å²) in [6.07, 6.45) is 5.59. The van der Waals surface area contributed by atoms with Gasteiger partial charge in [0, 0.05) is 16.5 Å². The van der Waals surface area contributed by atoms with Crippen LogP contribution in [0, 0.1) is 17.5 Å². The van der Waals surface area contributed by atoms with Gasteiger partial charge in [0.05, 0.1) is 0 Å². The van der Waals surface area contributed by atoms with E-state index >= 15 is 4.39 Å². The van der Waals surface area contributed by atoms with Gasteiger partial charge in [0.15, 0.2) is 11.6 Å². The van der Waals surface area contributed by atoms with Gasteiger partial charge in [-0.3, -0.25) is 0 Å². The molecule has 0 aromatic heterocycles. The van der Waals surface area contributed by atoms with Crippen LogP contribution in [0.15, 0.2) is 66.7 Å². The molecule has 0 radical (unpaired) electrons. The molecule has 0 aliphatic rings. The van der Waals surface area contributed by atoms with E-state index in [4.69, 9.17) is 0 Å². The second kappa shape index (κ2) is 10.9. The maximum atomic E-state index is 15.3.